The molecule has 2 nitrogen and oxygen atoms in total. The van der Waals surface area contributed by atoms with Crippen molar-refractivity contribution in [3.8, 4) is 0 Å². The maximum atomic E-state index is 5.52. The summed E-state index contributed by atoms with van der Waals surface area (Å²) in [5.41, 5.74) is 0. The van der Waals surface area contributed by atoms with Gasteiger partial charge in [0.05, 0.1) is 12.7 Å². The Morgan fingerprint density at radius 3 is 3.00 bits per heavy atom. The SMILES string of the molecule is ClCCCCOC1CCOC1. The van der Waals surface area contributed by atoms with Gasteiger partial charge in [-0.3, -0.25) is 0 Å². The van der Waals surface area contributed by atoms with E-state index in [1.165, 1.54) is 0 Å². The summed E-state index contributed by atoms with van der Waals surface area (Å²) in [6.07, 6.45) is 3.53. The van der Waals surface area contributed by atoms with Crippen molar-refractivity contribution in [2.75, 3.05) is 25.7 Å². The van der Waals surface area contributed by atoms with E-state index in [1.807, 2.05) is 0 Å². The zero-order valence-corrected chi connectivity index (χ0v) is 7.48. The number of hydrogen-bond donors (Lipinski definition) is 0. The van der Waals surface area contributed by atoms with Crippen molar-refractivity contribution in [3.05, 3.63) is 0 Å². The first-order chi connectivity index (χ1) is 5.43. The Kier molecular flexibility index (Phi) is 4.91. The molecule has 0 aromatic rings. The summed E-state index contributed by atoms with van der Waals surface area (Å²) in [6.45, 7) is 2.47. The van der Waals surface area contributed by atoms with Gasteiger partial charge in [-0.1, -0.05) is 0 Å². The van der Waals surface area contributed by atoms with Crippen LogP contribution in [-0.2, 0) is 9.47 Å². The first-order valence-electron chi connectivity index (χ1n) is 4.19. The molecule has 0 N–H and O–H groups in total. The van der Waals surface area contributed by atoms with Crippen LogP contribution in [0.1, 0.15) is 19.3 Å². The van der Waals surface area contributed by atoms with E-state index in [4.69, 9.17) is 21.1 Å². The van der Waals surface area contributed by atoms with E-state index in [-0.39, 0.29) is 0 Å². The average molecular weight is 179 g/mol. The summed E-state index contributed by atoms with van der Waals surface area (Å²) >= 11 is 5.52. The quantitative estimate of drug-likeness (QED) is 0.472. The lowest BCUT2D eigenvalue weighted by Crippen LogP contribution is -2.12. The van der Waals surface area contributed by atoms with Gasteiger partial charge in [0, 0.05) is 19.1 Å². The van der Waals surface area contributed by atoms with Crippen LogP contribution in [-0.4, -0.2) is 31.8 Å². The molecule has 1 aliphatic heterocycles. The summed E-state index contributed by atoms with van der Waals surface area (Å²) in [7, 11) is 0. The summed E-state index contributed by atoms with van der Waals surface area (Å²) in [6, 6.07) is 0. The highest BCUT2D eigenvalue weighted by molar-refractivity contribution is 6.17. The van der Waals surface area contributed by atoms with Crippen LogP contribution in [0.25, 0.3) is 0 Å². The Balaban J connectivity index is 1.86. The molecule has 1 unspecified atom stereocenters. The summed E-state index contributed by atoms with van der Waals surface area (Å²) in [4.78, 5) is 0. The maximum Gasteiger partial charge on any atom is 0.0830 e. The molecular weight excluding hydrogens is 164 g/mol. The van der Waals surface area contributed by atoms with E-state index in [0.29, 0.717) is 6.10 Å². The minimum absolute atomic E-state index is 0.352. The zero-order valence-electron chi connectivity index (χ0n) is 6.72. The molecular formula is C8H15ClO2. The van der Waals surface area contributed by atoms with Crippen molar-refractivity contribution in [1.29, 1.82) is 0 Å². The van der Waals surface area contributed by atoms with Crippen molar-refractivity contribution < 1.29 is 9.47 Å². The fourth-order valence-electron chi connectivity index (χ4n) is 1.09. The molecule has 1 rings (SSSR count). The summed E-state index contributed by atoms with van der Waals surface area (Å²) in [5, 5.41) is 0. The van der Waals surface area contributed by atoms with Gasteiger partial charge in [-0.15, -0.1) is 11.6 Å². The molecule has 0 bridgehead atoms. The third-order valence-electron chi connectivity index (χ3n) is 1.77. The van der Waals surface area contributed by atoms with Gasteiger partial charge in [-0.25, -0.2) is 0 Å². The van der Waals surface area contributed by atoms with Crippen molar-refractivity contribution in [1.82, 2.24) is 0 Å². The number of hydrogen-bond acceptors (Lipinski definition) is 2. The molecule has 0 amide bonds. The standard InChI is InChI=1S/C8H15ClO2/c9-4-1-2-5-11-8-3-6-10-7-8/h8H,1-7H2. The van der Waals surface area contributed by atoms with Crippen LogP contribution in [0.5, 0.6) is 0 Å². The summed E-state index contributed by atoms with van der Waals surface area (Å²) < 4.78 is 10.7. The van der Waals surface area contributed by atoms with Crippen LogP contribution in [0.2, 0.25) is 0 Å². The Morgan fingerprint density at radius 1 is 1.45 bits per heavy atom. The van der Waals surface area contributed by atoms with Gasteiger partial charge in [-0.05, 0) is 19.3 Å². The van der Waals surface area contributed by atoms with E-state index in [1.54, 1.807) is 0 Å². The third kappa shape index (κ3) is 3.94. The van der Waals surface area contributed by atoms with Gasteiger partial charge >= 0.3 is 0 Å². The second-order valence-electron chi connectivity index (χ2n) is 2.75. The van der Waals surface area contributed by atoms with Gasteiger partial charge in [0.15, 0.2) is 0 Å². The zero-order chi connectivity index (χ0) is 7.94. The minimum Gasteiger partial charge on any atom is -0.379 e. The minimum atomic E-state index is 0.352. The van der Waals surface area contributed by atoms with Crippen LogP contribution in [0.4, 0.5) is 0 Å². The molecule has 3 heteroatoms. The molecule has 1 atom stereocenters. The molecule has 0 spiro atoms. The van der Waals surface area contributed by atoms with E-state index in [0.717, 1.165) is 45.0 Å². The molecule has 11 heavy (non-hydrogen) atoms. The first-order valence-corrected chi connectivity index (χ1v) is 4.72. The number of rotatable bonds is 5. The summed E-state index contributed by atoms with van der Waals surface area (Å²) in [5.74, 6) is 0.741. The van der Waals surface area contributed by atoms with E-state index < -0.39 is 0 Å². The Bertz CT molecular complexity index is 92.1. The lowest BCUT2D eigenvalue weighted by Gasteiger charge is -2.08. The number of unbranched alkanes of at least 4 members (excludes halogenated alkanes) is 1. The monoisotopic (exact) mass is 178 g/mol. The molecule has 66 valence electrons. The average Bonchev–Trinajstić information content (AvgIpc) is 2.50. The highest BCUT2D eigenvalue weighted by Gasteiger charge is 2.14. The normalized spacial score (nSPS) is 24.3. The van der Waals surface area contributed by atoms with E-state index >= 15 is 0 Å². The Hall–Kier alpha value is 0.210. The second kappa shape index (κ2) is 5.81. The van der Waals surface area contributed by atoms with Gasteiger partial charge < -0.3 is 9.47 Å². The first kappa shape index (κ1) is 9.30. The van der Waals surface area contributed by atoms with E-state index in [2.05, 4.69) is 0 Å². The third-order valence-corrected chi connectivity index (χ3v) is 2.04. The van der Waals surface area contributed by atoms with Crippen molar-refractivity contribution in [2.24, 2.45) is 0 Å². The van der Waals surface area contributed by atoms with Crippen molar-refractivity contribution >= 4 is 11.6 Å². The Labute approximate surface area is 72.8 Å². The van der Waals surface area contributed by atoms with Crippen LogP contribution >= 0.6 is 11.6 Å². The molecule has 0 aromatic carbocycles. The van der Waals surface area contributed by atoms with Crippen LogP contribution in [0.15, 0.2) is 0 Å². The van der Waals surface area contributed by atoms with Crippen LogP contribution < -0.4 is 0 Å². The molecule has 1 fully saturated rings. The fourth-order valence-corrected chi connectivity index (χ4v) is 1.28. The van der Waals surface area contributed by atoms with Crippen molar-refractivity contribution in [2.45, 2.75) is 25.4 Å². The van der Waals surface area contributed by atoms with Gasteiger partial charge in [-0.2, -0.15) is 0 Å². The van der Waals surface area contributed by atoms with Gasteiger partial charge in [0.2, 0.25) is 0 Å². The lowest BCUT2D eigenvalue weighted by atomic mass is 10.3. The Morgan fingerprint density at radius 2 is 2.36 bits per heavy atom. The predicted molar refractivity (Wildman–Crippen MR) is 45.1 cm³/mol. The molecule has 0 aliphatic carbocycles. The molecule has 0 aromatic heterocycles. The van der Waals surface area contributed by atoms with Gasteiger partial charge in [0.1, 0.15) is 0 Å². The number of halogens is 1. The van der Waals surface area contributed by atoms with Gasteiger partial charge in [0.25, 0.3) is 0 Å². The number of ether oxygens (including phenoxy) is 2. The van der Waals surface area contributed by atoms with E-state index in [9.17, 15) is 0 Å². The van der Waals surface area contributed by atoms with Crippen LogP contribution in [0, 0.1) is 0 Å². The molecule has 1 saturated heterocycles. The highest BCUT2D eigenvalue weighted by Crippen LogP contribution is 2.08. The topological polar surface area (TPSA) is 18.5 Å². The second-order valence-corrected chi connectivity index (χ2v) is 3.13. The lowest BCUT2D eigenvalue weighted by molar-refractivity contribution is 0.0413. The van der Waals surface area contributed by atoms with Crippen LogP contribution in [0.3, 0.4) is 0 Å². The fraction of sp³-hybridized carbons (Fsp3) is 1.00. The maximum absolute atomic E-state index is 5.52. The van der Waals surface area contributed by atoms with Crippen molar-refractivity contribution in [3.63, 3.8) is 0 Å². The largest absolute Gasteiger partial charge is 0.379 e. The highest BCUT2D eigenvalue weighted by atomic mass is 35.5. The predicted octanol–water partition coefficient (Wildman–Crippen LogP) is 1.81. The smallest absolute Gasteiger partial charge is 0.0830 e. The number of alkyl halides is 1. The molecule has 0 saturated carbocycles. The molecule has 1 aliphatic rings. The molecule has 1 heterocycles. The molecule has 0 radical (unpaired) electrons.